The molecular formula is C14H17N3O2S. The highest BCUT2D eigenvalue weighted by molar-refractivity contribution is 7.17. The predicted molar refractivity (Wildman–Crippen MR) is 81.8 cm³/mol. The van der Waals surface area contributed by atoms with Gasteiger partial charge in [0.1, 0.15) is 10.6 Å². The van der Waals surface area contributed by atoms with E-state index in [1.807, 2.05) is 13.8 Å². The van der Waals surface area contributed by atoms with Gasteiger partial charge in [-0.2, -0.15) is 0 Å². The zero-order valence-corrected chi connectivity index (χ0v) is 12.5. The van der Waals surface area contributed by atoms with Crippen LogP contribution in [0.2, 0.25) is 0 Å². The number of carbonyl (C=O) groups excluding carboxylic acids is 1. The van der Waals surface area contributed by atoms with E-state index >= 15 is 0 Å². The summed E-state index contributed by atoms with van der Waals surface area (Å²) in [5.74, 6) is -0.0491. The first-order chi connectivity index (χ1) is 9.52. The quantitative estimate of drug-likeness (QED) is 0.809. The van der Waals surface area contributed by atoms with Crippen molar-refractivity contribution in [1.82, 2.24) is 4.98 Å². The van der Waals surface area contributed by atoms with E-state index in [1.165, 1.54) is 11.3 Å². The summed E-state index contributed by atoms with van der Waals surface area (Å²) in [6.07, 6.45) is 1.55. The lowest BCUT2D eigenvalue weighted by atomic mass is 10.1. The summed E-state index contributed by atoms with van der Waals surface area (Å²) >= 11 is 1.30. The van der Waals surface area contributed by atoms with Crippen molar-refractivity contribution in [3.05, 3.63) is 34.3 Å². The van der Waals surface area contributed by atoms with Crippen molar-refractivity contribution < 1.29 is 9.90 Å². The van der Waals surface area contributed by atoms with Gasteiger partial charge in [0.05, 0.1) is 11.9 Å². The average Bonchev–Trinajstić information content (AvgIpc) is 2.88. The molecule has 0 saturated carbocycles. The first-order valence-corrected chi connectivity index (χ1v) is 7.14. The second kappa shape index (κ2) is 5.92. The third-order valence-corrected chi connectivity index (χ3v) is 3.89. The molecule has 1 heterocycles. The van der Waals surface area contributed by atoms with Crippen molar-refractivity contribution in [3.63, 3.8) is 0 Å². The second-order valence-electron chi connectivity index (χ2n) is 4.42. The van der Waals surface area contributed by atoms with Crippen LogP contribution < -0.4 is 10.6 Å². The van der Waals surface area contributed by atoms with Crippen molar-refractivity contribution in [2.75, 3.05) is 17.2 Å². The van der Waals surface area contributed by atoms with E-state index < -0.39 is 0 Å². The van der Waals surface area contributed by atoms with Gasteiger partial charge < -0.3 is 15.7 Å². The van der Waals surface area contributed by atoms with Crippen LogP contribution in [-0.2, 0) is 0 Å². The first-order valence-electron chi connectivity index (χ1n) is 6.33. The number of anilines is 2. The molecule has 2 aromatic rings. The topological polar surface area (TPSA) is 74.2 Å². The van der Waals surface area contributed by atoms with Gasteiger partial charge in [-0.1, -0.05) is 17.4 Å². The van der Waals surface area contributed by atoms with Crippen LogP contribution >= 0.6 is 11.3 Å². The Labute approximate surface area is 121 Å². The summed E-state index contributed by atoms with van der Waals surface area (Å²) in [5, 5.41) is 16.3. The van der Waals surface area contributed by atoms with Crippen LogP contribution in [0.5, 0.6) is 5.75 Å². The van der Waals surface area contributed by atoms with Gasteiger partial charge in [-0.3, -0.25) is 4.79 Å². The molecule has 0 atom stereocenters. The number of thiazole rings is 1. The number of hydrogen-bond acceptors (Lipinski definition) is 5. The average molecular weight is 291 g/mol. The molecule has 0 unspecified atom stereocenters. The van der Waals surface area contributed by atoms with E-state index in [4.69, 9.17) is 0 Å². The van der Waals surface area contributed by atoms with Gasteiger partial charge >= 0.3 is 0 Å². The number of phenols is 1. The molecule has 0 aliphatic carbocycles. The van der Waals surface area contributed by atoms with Gasteiger partial charge in [0.2, 0.25) is 0 Å². The number of hydrogen-bond donors (Lipinski definition) is 3. The SMILES string of the molecule is CCNc1ncc(C(=O)Nc2c(C)ccc(O)c2C)s1. The molecule has 0 saturated heterocycles. The number of benzene rings is 1. The largest absolute Gasteiger partial charge is 0.508 e. The lowest BCUT2D eigenvalue weighted by Gasteiger charge is -2.11. The van der Waals surface area contributed by atoms with Crippen LogP contribution in [0.3, 0.4) is 0 Å². The molecule has 0 spiro atoms. The highest BCUT2D eigenvalue weighted by Gasteiger charge is 2.14. The highest BCUT2D eigenvalue weighted by Crippen LogP contribution is 2.29. The molecule has 6 heteroatoms. The molecule has 0 bridgehead atoms. The summed E-state index contributed by atoms with van der Waals surface area (Å²) in [5.41, 5.74) is 2.22. The molecule has 1 aromatic heterocycles. The fraction of sp³-hybridized carbons (Fsp3) is 0.286. The molecule has 5 nitrogen and oxygen atoms in total. The summed E-state index contributed by atoms with van der Waals surface area (Å²) in [4.78, 5) is 16.9. The number of rotatable bonds is 4. The molecule has 1 amide bonds. The van der Waals surface area contributed by atoms with Crippen LogP contribution in [0.4, 0.5) is 10.8 Å². The fourth-order valence-electron chi connectivity index (χ4n) is 1.82. The van der Waals surface area contributed by atoms with Gasteiger partial charge in [0, 0.05) is 12.1 Å². The van der Waals surface area contributed by atoms with Crippen molar-refractivity contribution >= 4 is 28.1 Å². The Morgan fingerprint density at radius 2 is 2.15 bits per heavy atom. The minimum absolute atomic E-state index is 0.170. The van der Waals surface area contributed by atoms with E-state index in [0.29, 0.717) is 16.1 Å². The Morgan fingerprint density at radius 3 is 2.85 bits per heavy atom. The lowest BCUT2D eigenvalue weighted by molar-refractivity contribution is 0.103. The summed E-state index contributed by atoms with van der Waals surface area (Å²) in [7, 11) is 0. The van der Waals surface area contributed by atoms with Crippen LogP contribution in [0, 0.1) is 13.8 Å². The maximum atomic E-state index is 12.2. The van der Waals surface area contributed by atoms with Crippen molar-refractivity contribution in [2.45, 2.75) is 20.8 Å². The third kappa shape index (κ3) is 2.91. The lowest BCUT2D eigenvalue weighted by Crippen LogP contribution is -2.12. The molecule has 3 N–H and O–H groups in total. The molecule has 20 heavy (non-hydrogen) atoms. The fourth-order valence-corrected chi connectivity index (χ4v) is 2.59. The number of aromatic nitrogens is 1. The van der Waals surface area contributed by atoms with Crippen LogP contribution in [-0.4, -0.2) is 22.5 Å². The molecule has 0 fully saturated rings. The Morgan fingerprint density at radius 1 is 1.40 bits per heavy atom. The Kier molecular flexibility index (Phi) is 4.24. The third-order valence-electron chi connectivity index (χ3n) is 2.94. The van der Waals surface area contributed by atoms with E-state index in [0.717, 1.165) is 17.2 Å². The maximum absolute atomic E-state index is 12.2. The normalized spacial score (nSPS) is 10.3. The van der Waals surface area contributed by atoms with Crippen LogP contribution in [0.25, 0.3) is 0 Å². The van der Waals surface area contributed by atoms with Crippen molar-refractivity contribution in [3.8, 4) is 5.75 Å². The monoisotopic (exact) mass is 291 g/mol. The predicted octanol–water partition coefficient (Wildman–Crippen LogP) is 3.15. The second-order valence-corrected chi connectivity index (χ2v) is 5.45. The van der Waals surface area contributed by atoms with E-state index in [2.05, 4.69) is 15.6 Å². The standard InChI is InChI=1S/C14H17N3O2S/c1-4-15-14-16-7-11(20-14)13(19)17-12-8(2)5-6-10(18)9(12)3/h5-7,18H,4H2,1-3H3,(H,15,16)(H,17,19). The molecule has 0 aliphatic heterocycles. The van der Waals surface area contributed by atoms with E-state index in [-0.39, 0.29) is 11.7 Å². The zero-order chi connectivity index (χ0) is 14.7. The van der Waals surface area contributed by atoms with Crippen LogP contribution in [0.1, 0.15) is 27.7 Å². The van der Waals surface area contributed by atoms with Crippen LogP contribution in [0.15, 0.2) is 18.3 Å². The van der Waals surface area contributed by atoms with Crippen molar-refractivity contribution in [2.24, 2.45) is 0 Å². The molecule has 0 radical (unpaired) electrons. The maximum Gasteiger partial charge on any atom is 0.267 e. The van der Waals surface area contributed by atoms with Gasteiger partial charge in [0.25, 0.3) is 5.91 Å². The van der Waals surface area contributed by atoms with Gasteiger partial charge in [-0.05, 0) is 32.4 Å². The van der Waals surface area contributed by atoms with Gasteiger partial charge in [-0.15, -0.1) is 0 Å². The summed E-state index contributed by atoms with van der Waals surface area (Å²) < 4.78 is 0. The summed E-state index contributed by atoms with van der Waals surface area (Å²) in [6, 6.07) is 3.39. The number of nitrogens with one attached hydrogen (secondary N) is 2. The smallest absolute Gasteiger partial charge is 0.267 e. The highest BCUT2D eigenvalue weighted by atomic mass is 32.1. The number of aromatic hydroxyl groups is 1. The van der Waals surface area contributed by atoms with Gasteiger partial charge in [0.15, 0.2) is 5.13 Å². The molecule has 2 rings (SSSR count). The molecule has 106 valence electrons. The van der Waals surface area contributed by atoms with Crippen molar-refractivity contribution in [1.29, 1.82) is 0 Å². The number of carbonyl (C=O) groups is 1. The number of amides is 1. The van der Waals surface area contributed by atoms with E-state index in [1.54, 1.807) is 25.3 Å². The van der Waals surface area contributed by atoms with E-state index in [9.17, 15) is 9.90 Å². The molecule has 0 aliphatic rings. The minimum Gasteiger partial charge on any atom is -0.508 e. The Hall–Kier alpha value is -2.08. The Bertz CT molecular complexity index is 637. The number of phenolic OH excluding ortho intramolecular Hbond substituents is 1. The van der Waals surface area contributed by atoms with Gasteiger partial charge in [-0.25, -0.2) is 4.98 Å². The molecule has 1 aromatic carbocycles. The Balaban J connectivity index is 2.21. The minimum atomic E-state index is -0.219. The summed E-state index contributed by atoms with van der Waals surface area (Å²) in [6.45, 7) is 6.40. The number of aryl methyl sites for hydroxylation is 1. The molecular weight excluding hydrogens is 274 g/mol. The number of nitrogens with zero attached hydrogens (tertiary/aromatic N) is 1. The first kappa shape index (κ1) is 14.3. The zero-order valence-electron chi connectivity index (χ0n) is 11.7.